The summed E-state index contributed by atoms with van der Waals surface area (Å²) in [7, 11) is 0. The number of hydrogen-bond donors (Lipinski definition) is 0. The van der Waals surface area contributed by atoms with Crippen molar-refractivity contribution < 1.29 is 0 Å². The number of hydrogen-bond acceptors (Lipinski definition) is 4. The van der Waals surface area contributed by atoms with Crippen LogP contribution >= 0.6 is 0 Å². The fourth-order valence-corrected chi connectivity index (χ4v) is 2.03. The van der Waals surface area contributed by atoms with E-state index in [4.69, 9.17) is 10.5 Å². The zero-order valence-corrected chi connectivity index (χ0v) is 12.4. The molecule has 0 aliphatic heterocycles. The first-order valence-corrected chi connectivity index (χ1v) is 6.54. The average Bonchev–Trinajstić information content (AvgIpc) is 2.60. The number of nitrogens with zero attached hydrogens (tertiary/aromatic N) is 4. The minimum absolute atomic E-state index is 0.0640. The summed E-state index contributed by atoms with van der Waals surface area (Å²) in [5.74, 6) is -1.28. The van der Waals surface area contributed by atoms with Gasteiger partial charge < -0.3 is 0 Å². The molecular formula is C17H16N4. The lowest BCUT2D eigenvalue weighted by molar-refractivity contribution is 0.455. The van der Waals surface area contributed by atoms with E-state index in [1.165, 1.54) is 0 Å². The summed E-state index contributed by atoms with van der Waals surface area (Å²) in [4.78, 5) is 0. The molecule has 0 saturated heterocycles. The van der Waals surface area contributed by atoms with Crippen LogP contribution in [0.15, 0.2) is 35.5 Å². The van der Waals surface area contributed by atoms with E-state index in [0.29, 0.717) is 0 Å². The Kier molecular flexibility index (Phi) is 4.71. The molecule has 0 spiro atoms. The van der Waals surface area contributed by atoms with E-state index in [1.54, 1.807) is 12.1 Å². The van der Waals surface area contributed by atoms with Gasteiger partial charge in [0.15, 0.2) is 11.3 Å². The van der Waals surface area contributed by atoms with Crippen molar-refractivity contribution in [1.82, 2.24) is 0 Å². The average molecular weight is 276 g/mol. The van der Waals surface area contributed by atoms with Crippen LogP contribution in [-0.2, 0) is 0 Å². The maximum atomic E-state index is 9.36. The second-order valence-corrected chi connectivity index (χ2v) is 5.76. The van der Waals surface area contributed by atoms with Gasteiger partial charge in [-0.15, -0.1) is 0 Å². The highest BCUT2D eigenvalue weighted by Crippen LogP contribution is 2.36. The molecule has 0 fully saturated rings. The van der Waals surface area contributed by atoms with Crippen LogP contribution in [0.1, 0.15) is 27.2 Å². The fraction of sp³-hybridized carbons (Fsp3) is 0.412. The smallest absolute Gasteiger partial charge is 0.176 e. The number of nitriles is 4. The Hall–Kier alpha value is -2.82. The minimum Gasteiger partial charge on any atom is -0.197 e. The summed E-state index contributed by atoms with van der Waals surface area (Å²) in [5.41, 5.74) is -0.0292. The van der Waals surface area contributed by atoms with E-state index in [2.05, 4.69) is 0 Å². The van der Waals surface area contributed by atoms with Gasteiger partial charge in [0.25, 0.3) is 0 Å². The molecule has 0 aromatic rings. The zero-order chi connectivity index (χ0) is 16.1. The van der Waals surface area contributed by atoms with Crippen molar-refractivity contribution in [3.63, 3.8) is 0 Å². The van der Waals surface area contributed by atoms with Gasteiger partial charge in [0, 0.05) is 11.8 Å². The number of allylic oxidation sites excluding steroid dienone is 6. The van der Waals surface area contributed by atoms with Crippen molar-refractivity contribution in [3.8, 4) is 24.3 Å². The molecule has 0 bridgehead atoms. The molecule has 0 radical (unpaired) electrons. The Morgan fingerprint density at radius 3 is 2.05 bits per heavy atom. The Bertz CT molecular complexity index is 650. The van der Waals surface area contributed by atoms with Gasteiger partial charge in [0.05, 0.1) is 24.3 Å². The van der Waals surface area contributed by atoms with Crippen LogP contribution < -0.4 is 0 Å². The fourth-order valence-electron chi connectivity index (χ4n) is 2.03. The predicted octanol–water partition coefficient (Wildman–Crippen LogP) is 3.54. The summed E-state index contributed by atoms with van der Waals surface area (Å²) in [6.45, 7) is 5.99. The lowest BCUT2D eigenvalue weighted by Gasteiger charge is -2.20. The van der Waals surface area contributed by atoms with Crippen LogP contribution in [0.5, 0.6) is 0 Å². The van der Waals surface area contributed by atoms with Gasteiger partial charge in [-0.25, -0.2) is 0 Å². The van der Waals surface area contributed by atoms with E-state index in [1.807, 2.05) is 57.2 Å². The SMILES string of the molecule is CC1=C(CC(C#N)(C#N)C(C#N)C#N)C=CC(C)(C)C=C1. The molecule has 0 heterocycles. The second kappa shape index (κ2) is 6.09. The van der Waals surface area contributed by atoms with Crippen LogP contribution in [0.2, 0.25) is 0 Å². The molecule has 0 aromatic heterocycles. The van der Waals surface area contributed by atoms with Crippen molar-refractivity contribution in [2.24, 2.45) is 16.7 Å². The highest BCUT2D eigenvalue weighted by molar-refractivity contribution is 5.41. The van der Waals surface area contributed by atoms with Crippen LogP contribution in [0.3, 0.4) is 0 Å². The van der Waals surface area contributed by atoms with E-state index in [-0.39, 0.29) is 11.8 Å². The van der Waals surface area contributed by atoms with Crippen molar-refractivity contribution in [1.29, 1.82) is 21.0 Å². The van der Waals surface area contributed by atoms with Crippen LogP contribution in [0, 0.1) is 62.1 Å². The van der Waals surface area contributed by atoms with Crippen molar-refractivity contribution in [3.05, 3.63) is 35.5 Å². The zero-order valence-electron chi connectivity index (χ0n) is 12.4. The molecule has 1 aliphatic rings. The van der Waals surface area contributed by atoms with E-state index in [9.17, 15) is 10.5 Å². The maximum Gasteiger partial charge on any atom is 0.176 e. The second-order valence-electron chi connectivity index (χ2n) is 5.76. The normalized spacial score (nSPS) is 16.6. The minimum atomic E-state index is -1.65. The summed E-state index contributed by atoms with van der Waals surface area (Å²) in [6, 6.07) is 7.28. The molecular weight excluding hydrogens is 260 g/mol. The first kappa shape index (κ1) is 16.2. The van der Waals surface area contributed by atoms with Crippen LogP contribution in [0.25, 0.3) is 0 Å². The summed E-state index contributed by atoms with van der Waals surface area (Å²) in [6.07, 6.45) is 7.92. The van der Waals surface area contributed by atoms with Gasteiger partial charge in [-0.2, -0.15) is 21.0 Å². The number of rotatable bonds is 3. The maximum absolute atomic E-state index is 9.36. The molecule has 1 aliphatic carbocycles. The highest BCUT2D eigenvalue weighted by atomic mass is 14.5. The summed E-state index contributed by atoms with van der Waals surface area (Å²) < 4.78 is 0. The summed E-state index contributed by atoms with van der Waals surface area (Å²) >= 11 is 0. The van der Waals surface area contributed by atoms with Gasteiger partial charge in [-0.05, 0) is 18.1 Å². The molecule has 4 nitrogen and oxygen atoms in total. The van der Waals surface area contributed by atoms with Gasteiger partial charge >= 0.3 is 0 Å². The quantitative estimate of drug-likeness (QED) is 0.787. The molecule has 0 saturated carbocycles. The Balaban J connectivity index is 3.28. The van der Waals surface area contributed by atoms with E-state index < -0.39 is 11.3 Å². The van der Waals surface area contributed by atoms with Crippen LogP contribution in [0.4, 0.5) is 0 Å². The monoisotopic (exact) mass is 276 g/mol. The Morgan fingerprint density at radius 2 is 1.57 bits per heavy atom. The molecule has 0 N–H and O–H groups in total. The van der Waals surface area contributed by atoms with Gasteiger partial charge in [0.1, 0.15) is 0 Å². The standard InChI is InChI=1S/C17H16N4/c1-13-4-6-16(2,3)7-5-14(13)8-17(11-20,12-21)15(9-18)10-19/h4-7,15H,8H2,1-3H3. The third kappa shape index (κ3) is 3.39. The first-order valence-electron chi connectivity index (χ1n) is 6.54. The third-order valence-electron chi connectivity index (χ3n) is 3.60. The predicted molar refractivity (Wildman–Crippen MR) is 77.8 cm³/mol. The van der Waals surface area contributed by atoms with Crippen molar-refractivity contribution in [2.45, 2.75) is 27.2 Å². The largest absolute Gasteiger partial charge is 0.197 e. The summed E-state index contributed by atoms with van der Waals surface area (Å²) in [5, 5.41) is 36.8. The van der Waals surface area contributed by atoms with Gasteiger partial charge in [-0.1, -0.05) is 38.2 Å². The van der Waals surface area contributed by atoms with Crippen molar-refractivity contribution in [2.75, 3.05) is 0 Å². The molecule has 21 heavy (non-hydrogen) atoms. The van der Waals surface area contributed by atoms with E-state index >= 15 is 0 Å². The van der Waals surface area contributed by atoms with Gasteiger partial charge in [0.2, 0.25) is 0 Å². The molecule has 0 atom stereocenters. The molecule has 0 unspecified atom stereocenters. The topological polar surface area (TPSA) is 95.2 Å². The lowest BCUT2D eigenvalue weighted by Crippen LogP contribution is -2.26. The lowest BCUT2D eigenvalue weighted by atomic mass is 9.73. The van der Waals surface area contributed by atoms with Crippen LogP contribution in [-0.4, -0.2) is 0 Å². The first-order chi connectivity index (χ1) is 9.84. The Morgan fingerprint density at radius 1 is 1.05 bits per heavy atom. The Labute approximate surface area is 125 Å². The highest BCUT2D eigenvalue weighted by Gasteiger charge is 2.41. The third-order valence-corrected chi connectivity index (χ3v) is 3.60. The molecule has 104 valence electrons. The molecule has 4 heteroatoms. The molecule has 1 rings (SSSR count). The molecule has 0 aromatic carbocycles. The molecule has 0 amide bonds. The van der Waals surface area contributed by atoms with E-state index in [0.717, 1.165) is 11.1 Å². The van der Waals surface area contributed by atoms with Crippen molar-refractivity contribution >= 4 is 0 Å². The van der Waals surface area contributed by atoms with Gasteiger partial charge in [-0.3, -0.25) is 0 Å².